The first-order valence-electron chi connectivity index (χ1n) is 3.77. The molecule has 1 heterocycles. The van der Waals surface area contributed by atoms with Gasteiger partial charge in [-0.15, -0.1) is 11.3 Å². The van der Waals surface area contributed by atoms with Crippen LogP contribution in [0.4, 0.5) is 0 Å². The SMILES string of the molecule is Brc1cc(-c2ccccc2)sc1Br. The number of halogens is 2. The minimum Gasteiger partial charge on any atom is -0.127 e. The Balaban J connectivity index is 2.48. The van der Waals surface area contributed by atoms with Gasteiger partial charge in [0.2, 0.25) is 0 Å². The topological polar surface area (TPSA) is 0 Å². The maximum Gasteiger partial charge on any atom is 0.0846 e. The largest absolute Gasteiger partial charge is 0.127 e. The van der Waals surface area contributed by atoms with Gasteiger partial charge < -0.3 is 0 Å². The first-order valence-corrected chi connectivity index (χ1v) is 6.18. The summed E-state index contributed by atoms with van der Waals surface area (Å²) in [6, 6.07) is 12.5. The Morgan fingerprint density at radius 2 is 1.69 bits per heavy atom. The van der Waals surface area contributed by atoms with Gasteiger partial charge in [0.25, 0.3) is 0 Å². The molecule has 2 rings (SSSR count). The highest BCUT2D eigenvalue weighted by atomic mass is 79.9. The second kappa shape index (κ2) is 3.95. The molecule has 0 fully saturated rings. The smallest absolute Gasteiger partial charge is 0.0846 e. The van der Waals surface area contributed by atoms with Gasteiger partial charge in [0.05, 0.1) is 3.79 Å². The van der Waals surface area contributed by atoms with Crippen molar-refractivity contribution in [2.45, 2.75) is 0 Å². The van der Waals surface area contributed by atoms with Gasteiger partial charge in [-0.25, -0.2) is 0 Å². The standard InChI is InChI=1S/C10H6Br2S/c11-8-6-9(13-10(8)12)7-4-2-1-3-5-7/h1-6H. The lowest BCUT2D eigenvalue weighted by molar-refractivity contribution is 1.69. The summed E-state index contributed by atoms with van der Waals surface area (Å²) in [5.74, 6) is 0. The molecule has 1 aromatic heterocycles. The Morgan fingerprint density at radius 1 is 1.00 bits per heavy atom. The molecule has 0 radical (unpaired) electrons. The van der Waals surface area contributed by atoms with Crippen LogP contribution in [0.2, 0.25) is 0 Å². The first kappa shape index (κ1) is 9.44. The van der Waals surface area contributed by atoms with Crippen LogP contribution in [-0.2, 0) is 0 Å². The van der Waals surface area contributed by atoms with E-state index in [9.17, 15) is 0 Å². The molecule has 1 aromatic carbocycles. The summed E-state index contributed by atoms with van der Waals surface area (Å²) in [4.78, 5) is 1.28. The summed E-state index contributed by atoms with van der Waals surface area (Å²) in [7, 11) is 0. The summed E-state index contributed by atoms with van der Waals surface area (Å²) in [5, 5.41) is 0. The van der Waals surface area contributed by atoms with E-state index < -0.39 is 0 Å². The Hall–Kier alpha value is -0.120. The zero-order valence-electron chi connectivity index (χ0n) is 6.63. The van der Waals surface area contributed by atoms with Gasteiger partial charge in [-0.2, -0.15) is 0 Å². The van der Waals surface area contributed by atoms with E-state index in [0.29, 0.717) is 0 Å². The first-order chi connectivity index (χ1) is 6.27. The molecule has 0 aliphatic rings. The molecule has 2 aromatic rings. The Kier molecular flexibility index (Phi) is 2.86. The molecule has 0 spiro atoms. The van der Waals surface area contributed by atoms with Crippen molar-refractivity contribution in [3.63, 3.8) is 0 Å². The minimum atomic E-state index is 1.12. The second-order valence-electron chi connectivity index (χ2n) is 2.60. The number of thiophene rings is 1. The van der Waals surface area contributed by atoms with E-state index in [-0.39, 0.29) is 0 Å². The van der Waals surface area contributed by atoms with E-state index in [1.807, 2.05) is 6.07 Å². The van der Waals surface area contributed by atoms with Crippen LogP contribution in [0.5, 0.6) is 0 Å². The summed E-state index contributed by atoms with van der Waals surface area (Å²) in [6.07, 6.45) is 0. The second-order valence-corrected chi connectivity index (χ2v) is 5.82. The average molecular weight is 318 g/mol. The monoisotopic (exact) mass is 316 g/mol. The number of hydrogen-bond donors (Lipinski definition) is 0. The van der Waals surface area contributed by atoms with Gasteiger partial charge in [0.15, 0.2) is 0 Å². The molecular weight excluding hydrogens is 312 g/mol. The lowest BCUT2D eigenvalue weighted by Gasteiger charge is -1.93. The maximum atomic E-state index is 3.48. The van der Waals surface area contributed by atoms with Crippen LogP contribution in [0.3, 0.4) is 0 Å². The Labute approximate surface area is 97.9 Å². The predicted molar refractivity (Wildman–Crippen MR) is 65.2 cm³/mol. The van der Waals surface area contributed by atoms with E-state index in [1.54, 1.807) is 11.3 Å². The van der Waals surface area contributed by atoms with E-state index in [0.717, 1.165) is 8.26 Å². The molecule has 0 nitrogen and oxygen atoms in total. The van der Waals surface area contributed by atoms with Crippen molar-refractivity contribution in [2.24, 2.45) is 0 Å². The van der Waals surface area contributed by atoms with Crippen LogP contribution >= 0.6 is 43.2 Å². The van der Waals surface area contributed by atoms with Crippen LogP contribution in [0.25, 0.3) is 10.4 Å². The van der Waals surface area contributed by atoms with E-state index in [1.165, 1.54) is 10.4 Å². The maximum absolute atomic E-state index is 3.48. The molecule has 0 N–H and O–H groups in total. The zero-order valence-corrected chi connectivity index (χ0v) is 10.6. The molecule has 0 bridgehead atoms. The van der Waals surface area contributed by atoms with Crippen LogP contribution in [0.1, 0.15) is 0 Å². The summed E-state index contributed by atoms with van der Waals surface area (Å²) in [6.45, 7) is 0. The highest BCUT2D eigenvalue weighted by Gasteiger charge is 2.04. The zero-order chi connectivity index (χ0) is 9.26. The van der Waals surface area contributed by atoms with Crippen molar-refractivity contribution in [1.29, 1.82) is 0 Å². The van der Waals surface area contributed by atoms with Crippen LogP contribution in [0.15, 0.2) is 44.7 Å². The van der Waals surface area contributed by atoms with E-state index >= 15 is 0 Å². The number of rotatable bonds is 1. The van der Waals surface area contributed by atoms with Gasteiger partial charge in [0, 0.05) is 9.35 Å². The number of benzene rings is 1. The van der Waals surface area contributed by atoms with Crippen molar-refractivity contribution in [2.75, 3.05) is 0 Å². The van der Waals surface area contributed by atoms with Gasteiger partial charge >= 0.3 is 0 Å². The van der Waals surface area contributed by atoms with Gasteiger partial charge in [-0.1, -0.05) is 30.3 Å². The van der Waals surface area contributed by atoms with Crippen LogP contribution in [0, 0.1) is 0 Å². The fraction of sp³-hybridized carbons (Fsp3) is 0. The fourth-order valence-corrected chi connectivity index (χ4v) is 3.13. The lowest BCUT2D eigenvalue weighted by atomic mass is 10.2. The highest BCUT2D eigenvalue weighted by Crippen LogP contribution is 2.37. The van der Waals surface area contributed by atoms with Crippen molar-refractivity contribution < 1.29 is 0 Å². The molecule has 3 heteroatoms. The van der Waals surface area contributed by atoms with Crippen LogP contribution in [-0.4, -0.2) is 0 Å². The number of hydrogen-bond acceptors (Lipinski definition) is 1. The molecule has 0 aliphatic heterocycles. The van der Waals surface area contributed by atoms with Gasteiger partial charge in [-0.3, -0.25) is 0 Å². The third kappa shape index (κ3) is 2.03. The van der Waals surface area contributed by atoms with Crippen molar-refractivity contribution in [3.05, 3.63) is 44.7 Å². The summed E-state index contributed by atoms with van der Waals surface area (Å²) >= 11 is 8.70. The Bertz CT molecular complexity index is 387. The summed E-state index contributed by atoms with van der Waals surface area (Å²) in [5.41, 5.74) is 1.26. The third-order valence-electron chi connectivity index (χ3n) is 1.70. The third-order valence-corrected chi connectivity index (χ3v) is 5.01. The molecule has 0 saturated carbocycles. The summed E-state index contributed by atoms with van der Waals surface area (Å²) < 4.78 is 2.27. The highest BCUT2D eigenvalue weighted by molar-refractivity contribution is 9.13. The molecular formula is C10H6Br2S. The fourth-order valence-electron chi connectivity index (χ4n) is 1.09. The normalized spacial score (nSPS) is 10.3. The average Bonchev–Trinajstić information content (AvgIpc) is 2.49. The van der Waals surface area contributed by atoms with Gasteiger partial charge in [-0.05, 0) is 43.5 Å². The van der Waals surface area contributed by atoms with Crippen molar-refractivity contribution in [1.82, 2.24) is 0 Å². The molecule has 0 saturated heterocycles. The van der Waals surface area contributed by atoms with Crippen LogP contribution < -0.4 is 0 Å². The molecule has 0 aliphatic carbocycles. The van der Waals surface area contributed by atoms with Gasteiger partial charge in [0.1, 0.15) is 0 Å². The predicted octanol–water partition coefficient (Wildman–Crippen LogP) is 4.94. The molecule has 0 unspecified atom stereocenters. The quantitative estimate of drug-likeness (QED) is 0.699. The van der Waals surface area contributed by atoms with E-state index in [2.05, 4.69) is 62.2 Å². The molecule has 0 atom stereocenters. The lowest BCUT2D eigenvalue weighted by Crippen LogP contribution is -1.67. The Morgan fingerprint density at radius 3 is 2.23 bits per heavy atom. The molecule has 66 valence electrons. The van der Waals surface area contributed by atoms with Crippen molar-refractivity contribution >= 4 is 43.2 Å². The molecule has 13 heavy (non-hydrogen) atoms. The van der Waals surface area contributed by atoms with Crippen molar-refractivity contribution in [3.8, 4) is 10.4 Å². The molecule has 0 amide bonds. The minimum absolute atomic E-state index is 1.12. The van der Waals surface area contributed by atoms with E-state index in [4.69, 9.17) is 0 Å².